The molecule has 0 spiro atoms. The molecule has 0 radical (unpaired) electrons. The van der Waals surface area contributed by atoms with E-state index in [1.165, 1.54) is 36.0 Å². The normalized spacial score (nSPS) is 11.4. The minimum Gasteiger partial charge on any atom is -0.325 e. The molecule has 1 unspecified atom stereocenters. The molecule has 4 aromatic carbocycles. The maximum absolute atomic E-state index is 13.2. The van der Waals surface area contributed by atoms with Crippen LogP contribution in [0.15, 0.2) is 108 Å². The molecule has 36 heavy (non-hydrogen) atoms. The van der Waals surface area contributed by atoms with Crippen molar-refractivity contribution in [3.8, 4) is 0 Å². The van der Waals surface area contributed by atoms with Gasteiger partial charge in [0.2, 0.25) is 5.91 Å². The van der Waals surface area contributed by atoms with Gasteiger partial charge in [-0.3, -0.25) is 19.7 Å². The lowest BCUT2D eigenvalue weighted by atomic mass is 10.1. The Morgan fingerprint density at radius 3 is 2.25 bits per heavy atom. The lowest BCUT2D eigenvalue weighted by molar-refractivity contribution is -0.384. The van der Waals surface area contributed by atoms with Crippen LogP contribution >= 0.6 is 23.4 Å². The van der Waals surface area contributed by atoms with E-state index in [2.05, 4.69) is 10.6 Å². The van der Waals surface area contributed by atoms with E-state index >= 15 is 0 Å². The number of nitrogens with zero attached hydrogens (tertiary/aromatic N) is 1. The van der Waals surface area contributed by atoms with Gasteiger partial charge in [-0.1, -0.05) is 54.1 Å². The molecular weight excluding hydrogens is 498 g/mol. The quantitative estimate of drug-likeness (QED) is 0.149. The fourth-order valence-electron chi connectivity index (χ4n) is 3.39. The van der Waals surface area contributed by atoms with Crippen molar-refractivity contribution in [3.63, 3.8) is 0 Å². The lowest BCUT2D eigenvalue weighted by Gasteiger charge is -2.18. The number of hydrogen-bond acceptors (Lipinski definition) is 5. The van der Waals surface area contributed by atoms with Crippen molar-refractivity contribution in [2.24, 2.45) is 0 Å². The summed E-state index contributed by atoms with van der Waals surface area (Å²) in [5, 5.41) is 16.7. The number of nitrogens with one attached hydrogen (secondary N) is 2. The summed E-state index contributed by atoms with van der Waals surface area (Å²) in [6.45, 7) is 0. The molecule has 2 N–H and O–H groups in total. The van der Waals surface area contributed by atoms with Crippen LogP contribution in [0.1, 0.15) is 21.2 Å². The molecule has 1 atom stereocenters. The number of thioether (sulfide) groups is 1. The summed E-state index contributed by atoms with van der Waals surface area (Å²) in [7, 11) is 0. The highest BCUT2D eigenvalue weighted by Gasteiger charge is 2.22. The second-order valence-electron chi connectivity index (χ2n) is 7.69. The molecule has 7 nitrogen and oxygen atoms in total. The van der Waals surface area contributed by atoms with Gasteiger partial charge in [-0.25, -0.2) is 0 Å². The molecule has 0 aliphatic carbocycles. The first kappa shape index (κ1) is 25.0. The van der Waals surface area contributed by atoms with Gasteiger partial charge >= 0.3 is 0 Å². The Morgan fingerprint density at radius 1 is 0.806 bits per heavy atom. The number of carbonyl (C=O) groups excluding carboxylic acids is 2. The Morgan fingerprint density at radius 2 is 1.53 bits per heavy atom. The van der Waals surface area contributed by atoms with Gasteiger partial charge in [0.1, 0.15) is 5.25 Å². The molecular formula is C27H20ClN3O4S. The largest absolute Gasteiger partial charge is 0.325 e. The highest BCUT2D eigenvalue weighted by Crippen LogP contribution is 2.37. The summed E-state index contributed by atoms with van der Waals surface area (Å²) in [5.74, 6) is -0.680. The molecule has 4 rings (SSSR count). The van der Waals surface area contributed by atoms with Crippen molar-refractivity contribution in [3.05, 3.63) is 129 Å². The number of amides is 2. The predicted octanol–water partition coefficient (Wildman–Crippen LogP) is 6.97. The smallest absolute Gasteiger partial charge is 0.270 e. The average molecular weight is 518 g/mol. The molecule has 0 fully saturated rings. The van der Waals surface area contributed by atoms with Crippen LogP contribution in [0.5, 0.6) is 0 Å². The van der Waals surface area contributed by atoms with E-state index in [-0.39, 0.29) is 17.2 Å². The molecule has 0 heterocycles. The molecule has 4 aromatic rings. The molecule has 0 bridgehead atoms. The van der Waals surface area contributed by atoms with Gasteiger partial charge in [0.05, 0.1) is 4.92 Å². The highest BCUT2D eigenvalue weighted by molar-refractivity contribution is 8.00. The Balaban J connectivity index is 1.53. The zero-order valence-corrected chi connectivity index (χ0v) is 20.3. The number of carbonyl (C=O) groups is 2. The summed E-state index contributed by atoms with van der Waals surface area (Å²) >= 11 is 7.29. The van der Waals surface area contributed by atoms with Crippen molar-refractivity contribution in [2.45, 2.75) is 10.1 Å². The van der Waals surface area contributed by atoms with E-state index in [4.69, 9.17) is 11.6 Å². The number of benzene rings is 4. The first-order valence-corrected chi connectivity index (χ1v) is 12.1. The van der Waals surface area contributed by atoms with E-state index in [9.17, 15) is 19.7 Å². The summed E-state index contributed by atoms with van der Waals surface area (Å²) in [4.78, 5) is 37.1. The van der Waals surface area contributed by atoms with Crippen LogP contribution in [0.2, 0.25) is 5.02 Å². The summed E-state index contributed by atoms with van der Waals surface area (Å²) in [5.41, 5.74) is 1.96. The van der Waals surface area contributed by atoms with E-state index in [0.29, 0.717) is 16.4 Å². The van der Waals surface area contributed by atoms with Crippen LogP contribution in [0, 0.1) is 10.1 Å². The van der Waals surface area contributed by atoms with Crippen molar-refractivity contribution < 1.29 is 14.5 Å². The monoisotopic (exact) mass is 517 g/mol. The standard InChI is InChI=1S/C27H20ClN3O4S/c28-20-12-14-21(15-13-20)29-27(33)25(18-6-2-1-3-7-18)36-24-11-5-9-22(17-24)30-26(32)19-8-4-10-23(16-19)31(34)35/h1-17,25H,(H,29,33)(H,30,32). The zero-order chi connectivity index (χ0) is 25.5. The fraction of sp³-hybridized carbons (Fsp3) is 0.0370. The van der Waals surface area contributed by atoms with Crippen molar-refractivity contribution in [2.75, 3.05) is 10.6 Å². The van der Waals surface area contributed by atoms with Gasteiger partial charge in [-0.2, -0.15) is 0 Å². The van der Waals surface area contributed by atoms with Gasteiger partial charge < -0.3 is 10.6 Å². The van der Waals surface area contributed by atoms with E-state index < -0.39 is 16.1 Å². The third kappa shape index (κ3) is 6.50. The van der Waals surface area contributed by atoms with Gasteiger partial charge in [0.25, 0.3) is 11.6 Å². The molecule has 2 amide bonds. The Labute approximate surface area is 216 Å². The molecule has 0 aliphatic heterocycles. The van der Waals surface area contributed by atoms with Crippen LogP contribution in [0.25, 0.3) is 0 Å². The number of non-ortho nitro benzene ring substituents is 1. The summed E-state index contributed by atoms with van der Waals surface area (Å²) in [6, 6.07) is 28.9. The fourth-order valence-corrected chi connectivity index (χ4v) is 4.60. The molecule has 0 saturated heterocycles. The summed E-state index contributed by atoms with van der Waals surface area (Å²) in [6.07, 6.45) is 0. The van der Waals surface area contributed by atoms with Crippen LogP contribution in [0.4, 0.5) is 17.1 Å². The van der Waals surface area contributed by atoms with E-state index in [0.717, 1.165) is 10.5 Å². The predicted molar refractivity (Wildman–Crippen MR) is 143 cm³/mol. The third-order valence-corrected chi connectivity index (χ3v) is 6.62. The zero-order valence-electron chi connectivity index (χ0n) is 18.8. The molecule has 180 valence electrons. The SMILES string of the molecule is O=C(Nc1cccc(SC(C(=O)Nc2ccc(Cl)cc2)c2ccccc2)c1)c1cccc([N+](=O)[O-])c1. The minimum atomic E-state index is -0.565. The molecule has 0 aliphatic rings. The van der Waals surface area contributed by atoms with Gasteiger partial charge in [0, 0.05) is 39.0 Å². The highest BCUT2D eigenvalue weighted by atomic mass is 35.5. The average Bonchev–Trinajstić information content (AvgIpc) is 2.89. The Kier molecular flexibility index (Phi) is 7.99. The van der Waals surface area contributed by atoms with Gasteiger partial charge in [-0.05, 0) is 54.1 Å². The third-order valence-electron chi connectivity index (χ3n) is 5.12. The topological polar surface area (TPSA) is 101 Å². The van der Waals surface area contributed by atoms with E-state index in [1.807, 2.05) is 36.4 Å². The lowest BCUT2D eigenvalue weighted by Crippen LogP contribution is -2.19. The van der Waals surface area contributed by atoms with Gasteiger partial charge in [0.15, 0.2) is 0 Å². The van der Waals surface area contributed by atoms with Crippen LogP contribution in [0.3, 0.4) is 0 Å². The maximum atomic E-state index is 13.2. The van der Waals surface area contributed by atoms with Crippen LogP contribution in [-0.4, -0.2) is 16.7 Å². The first-order chi connectivity index (χ1) is 17.4. The van der Waals surface area contributed by atoms with Crippen molar-refractivity contribution in [1.29, 1.82) is 0 Å². The minimum absolute atomic E-state index is 0.163. The second kappa shape index (κ2) is 11.5. The number of anilines is 2. The van der Waals surface area contributed by atoms with Crippen LogP contribution < -0.4 is 10.6 Å². The Hall–Kier alpha value is -4.14. The maximum Gasteiger partial charge on any atom is 0.270 e. The molecule has 0 saturated carbocycles. The van der Waals surface area contributed by atoms with Crippen molar-refractivity contribution >= 4 is 52.2 Å². The number of rotatable bonds is 8. The Bertz CT molecular complexity index is 1400. The number of halogens is 1. The van der Waals surface area contributed by atoms with Crippen molar-refractivity contribution in [1.82, 2.24) is 0 Å². The number of hydrogen-bond donors (Lipinski definition) is 2. The summed E-state index contributed by atoms with van der Waals surface area (Å²) < 4.78 is 0. The number of nitro benzene ring substituents is 1. The second-order valence-corrected chi connectivity index (χ2v) is 9.31. The van der Waals surface area contributed by atoms with Gasteiger partial charge in [-0.15, -0.1) is 11.8 Å². The molecule has 9 heteroatoms. The van der Waals surface area contributed by atoms with Crippen LogP contribution in [-0.2, 0) is 4.79 Å². The molecule has 0 aromatic heterocycles. The number of nitro groups is 1. The first-order valence-electron chi connectivity index (χ1n) is 10.8. The van der Waals surface area contributed by atoms with E-state index in [1.54, 1.807) is 42.5 Å².